The maximum absolute atomic E-state index is 5.78. The fourth-order valence-corrected chi connectivity index (χ4v) is 3.27. The number of aromatic nitrogens is 4. The largest absolute Gasteiger partial charge is 0.271 e. The van der Waals surface area contributed by atoms with E-state index < -0.39 is 0 Å². The molecule has 0 fully saturated rings. The third kappa shape index (κ3) is 3.48. The van der Waals surface area contributed by atoms with E-state index in [1.54, 1.807) is 0 Å². The zero-order valence-corrected chi connectivity index (χ0v) is 13.9. The van der Waals surface area contributed by atoms with E-state index >= 15 is 0 Å². The Bertz CT molecular complexity index is 574. The lowest BCUT2D eigenvalue weighted by molar-refractivity contribution is 0.517. The smallest absolute Gasteiger partial charge is 0.0829 e. The van der Waals surface area contributed by atoms with Gasteiger partial charge >= 0.3 is 0 Å². The molecule has 0 amide bonds. The van der Waals surface area contributed by atoms with Gasteiger partial charge in [-0.1, -0.05) is 25.3 Å². The molecule has 7 heteroatoms. The summed E-state index contributed by atoms with van der Waals surface area (Å²) in [6.45, 7) is 9.34. The highest BCUT2D eigenvalue weighted by Gasteiger charge is 2.22. The standard InChI is InChI=1S/C14H24N6S/c1-5-10-7-11(20(6-2)18-10)8-12(16-15)14-13(9(3)4)17-19-21-14/h7,9,12,16H,5-6,8,15H2,1-4H3. The predicted octanol–water partition coefficient (Wildman–Crippen LogP) is 2.19. The number of nitrogens with two attached hydrogens (primary N) is 1. The topological polar surface area (TPSA) is 81.6 Å². The second kappa shape index (κ2) is 7.11. The fraction of sp³-hybridized carbons (Fsp3) is 0.643. The zero-order chi connectivity index (χ0) is 15.4. The SMILES string of the molecule is CCc1cc(CC(NN)c2snnc2C(C)C)n(CC)n1. The molecule has 0 aromatic carbocycles. The highest BCUT2D eigenvalue weighted by molar-refractivity contribution is 7.05. The molecule has 2 heterocycles. The summed E-state index contributed by atoms with van der Waals surface area (Å²) in [5, 5.41) is 8.83. The Kier molecular flexibility index (Phi) is 5.44. The summed E-state index contributed by atoms with van der Waals surface area (Å²) in [4.78, 5) is 1.12. The number of hydrazine groups is 1. The van der Waals surface area contributed by atoms with Gasteiger partial charge < -0.3 is 0 Å². The van der Waals surface area contributed by atoms with Gasteiger partial charge in [0.2, 0.25) is 0 Å². The van der Waals surface area contributed by atoms with E-state index in [1.165, 1.54) is 17.2 Å². The minimum atomic E-state index is 0.0223. The number of hydrogen-bond acceptors (Lipinski definition) is 6. The molecule has 6 nitrogen and oxygen atoms in total. The molecule has 116 valence electrons. The number of aryl methyl sites for hydroxylation is 2. The molecule has 0 saturated heterocycles. The molecule has 21 heavy (non-hydrogen) atoms. The first kappa shape index (κ1) is 16.1. The van der Waals surface area contributed by atoms with Gasteiger partial charge in [0.1, 0.15) is 0 Å². The number of hydrogen-bond donors (Lipinski definition) is 2. The predicted molar refractivity (Wildman–Crippen MR) is 85.0 cm³/mol. The molecule has 1 unspecified atom stereocenters. The molecule has 0 spiro atoms. The van der Waals surface area contributed by atoms with Crippen molar-refractivity contribution in [3.8, 4) is 0 Å². The Morgan fingerprint density at radius 3 is 2.71 bits per heavy atom. The van der Waals surface area contributed by atoms with E-state index in [-0.39, 0.29) is 6.04 Å². The molecule has 3 N–H and O–H groups in total. The van der Waals surface area contributed by atoms with Crippen LogP contribution in [0.25, 0.3) is 0 Å². The van der Waals surface area contributed by atoms with Crippen molar-refractivity contribution in [3.63, 3.8) is 0 Å². The van der Waals surface area contributed by atoms with E-state index in [0.717, 1.165) is 35.7 Å². The maximum atomic E-state index is 5.78. The molecule has 0 bridgehead atoms. The summed E-state index contributed by atoms with van der Waals surface area (Å²) in [6, 6.07) is 2.19. The van der Waals surface area contributed by atoms with Gasteiger partial charge in [0.05, 0.1) is 22.3 Å². The van der Waals surface area contributed by atoms with Gasteiger partial charge in [-0.15, -0.1) is 5.10 Å². The fourth-order valence-electron chi connectivity index (χ4n) is 2.41. The van der Waals surface area contributed by atoms with Crippen LogP contribution >= 0.6 is 11.5 Å². The van der Waals surface area contributed by atoms with Crippen LogP contribution in [-0.2, 0) is 19.4 Å². The van der Waals surface area contributed by atoms with Gasteiger partial charge in [-0.05, 0) is 36.9 Å². The van der Waals surface area contributed by atoms with Crippen LogP contribution in [0.3, 0.4) is 0 Å². The lowest BCUT2D eigenvalue weighted by atomic mass is 10.0. The summed E-state index contributed by atoms with van der Waals surface area (Å²) in [7, 11) is 0. The van der Waals surface area contributed by atoms with Crippen LogP contribution in [0.15, 0.2) is 6.07 Å². The normalized spacial score (nSPS) is 13.0. The molecule has 2 rings (SSSR count). The third-order valence-electron chi connectivity index (χ3n) is 3.59. The molecular formula is C14H24N6S. The average Bonchev–Trinajstić information content (AvgIpc) is 3.10. The first-order valence-electron chi connectivity index (χ1n) is 7.44. The van der Waals surface area contributed by atoms with Crippen LogP contribution in [0.5, 0.6) is 0 Å². The van der Waals surface area contributed by atoms with Gasteiger partial charge in [-0.2, -0.15) is 5.10 Å². The molecule has 2 aromatic rings. The first-order chi connectivity index (χ1) is 10.1. The minimum Gasteiger partial charge on any atom is -0.271 e. The van der Waals surface area contributed by atoms with Crippen molar-refractivity contribution in [3.05, 3.63) is 28.0 Å². The monoisotopic (exact) mass is 308 g/mol. The Balaban J connectivity index is 2.26. The van der Waals surface area contributed by atoms with Crippen molar-refractivity contribution in [1.29, 1.82) is 0 Å². The van der Waals surface area contributed by atoms with E-state index in [4.69, 9.17) is 5.84 Å². The molecular weight excluding hydrogens is 284 g/mol. The number of nitrogens with one attached hydrogen (secondary N) is 1. The zero-order valence-electron chi connectivity index (χ0n) is 13.1. The van der Waals surface area contributed by atoms with Crippen LogP contribution in [0.1, 0.15) is 61.6 Å². The van der Waals surface area contributed by atoms with Crippen molar-refractivity contribution < 1.29 is 0 Å². The molecule has 1 atom stereocenters. The van der Waals surface area contributed by atoms with E-state index in [1.807, 2.05) is 4.68 Å². The Morgan fingerprint density at radius 2 is 2.14 bits per heavy atom. The third-order valence-corrected chi connectivity index (χ3v) is 4.45. The highest BCUT2D eigenvalue weighted by Crippen LogP contribution is 2.28. The molecule has 0 aliphatic carbocycles. The summed E-state index contributed by atoms with van der Waals surface area (Å²) in [5.74, 6) is 6.13. The number of nitrogens with zero attached hydrogens (tertiary/aromatic N) is 4. The van der Waals surface area contributed by atoms with E-state index in [9.17, 15) is 0 Å². The second-order valence-electron chi connectivity index (χ2n) is 5.40. The molecule has 0 aliphatic heterocycles. The van der Waals surface area contributed by atoms with Crippen LogP contribution in [0, 0.1) is 0 Å². The summed E-state index contributed by atoms with van der Waals surface area (Å²) in [6.07, 6.45) is 1.74. The molecule has 0 aliphatic rings. The van der Waals surface area contributed by atoms with Crippen LogP contribution in [-0.4, -0.2) is 19.4 Å². The Hall–Kier alpha value is -1.31. The van der Waals surface area contributed by atoms with Crippen LogP contribution in [0.4, 0.5) is 0 Å². The summed E-state index contributed by atoms with van der Waals surface area (Å²) < 4.78 is 6.14. The quantitative estimate of drug-likeness (QED) is 0.605. The van der Waals surface area contributed by atoms with Crippen molar-refractivity contribution >= 4 is 11.5 Å². The Morgan fingerprint density at radius 1 is 1.38 bits per heavy atom. The highest BCUT2D eigenvalue weighted by atomic mass is 32.1. The van der Waals surface area contributed by atoms with Crippen molar-refractivity contribution in [1.82, 2.24) is 24.8 Å². The van der Waals surface area contributed by atoms with Gasteiger partial charge in [0.15, 0.2) is 0 Å². The summed E-state index contributed by atoms with van der Waals surface area (Å²) >= 11 is 1.42. The van der Waals surface area contributed by atoms with E-state index in [0.29, 0.717) is 5.92 Å². The van der Waals surface area contributed by atoms with Gasteiger partial charge in [0.25, 0.3) is 0 Å². The van der Waals surface area contributed by atoms with Crippen molar-refractivity contribution in [2.24, 2.45) is 5.84 Å². The van der Waals surface area contributed by atoms with Gasteiger partial charge in [-0.3, -0.25) is 16.0 Å². The number of rotatable bonds is 7. The lowest BCUT2D eigenvalue weighted by Crippen LogP contribution is -2.30. The first-order valence-corrected chi connectivity index (χ1v) is 8.21. The van der Waals surface area contributed by atoms with Crippen molar-refractivity contribution in [2.45, 2.75) is 59.0 Å². The lowest BCUT2D eigenvalue weighted by Gasteiger charge is -2.16. The van der Waals surface area contributed by atoms with Crippen LogP contribution < -0.4 is 11.3 Å². The molecule has 0 saturated carbocycles. The second-order valence-corrected chi connectivity index (χ2v) is 6.18. The molecule has 2 aromatic heterocycles. The minimum absolute atomic E-state index is 0.0223. The summed E-state index contributed by atoms with van der Waals surface area (Å²) in [5.41, 5.74) is 6.26. The Labute approximate surface area is 129 Å². The average molecular weight is 308 g/mol. The van der Waals surface area contributed by atoms with Gasteiger partial charge in [0, 0.05) is 18.7 Å². The molecule has 0 radical (unpaired) electrons. The maximum Gasteiger partial charge on any atom is 0.0829 e. The van der Waals surface area contributed by atoms with Gasteiger partial charge in [-0.25, -0.2) is 0 Å². The van der Waals surface area contributed by atoms with Crippen LogP contribution in [0.2, 0.25) is 0 Å². The van der Waals surface area contributed by atoms with E-state index in [2.05, 4.69) is 53.9 Å². The van der Waals surface area contributed by atoms with Crippen molar-refractivity contribution in [2.75, 3.05) is 0 Å².